The van der Waals surface area contributed by atoms with Crippen LogP contribution in [0, 0.1) is 0 Å². The van der Waals surface area contributed by atoms with Gasteiger partial charge in [-0.15, -0.1) is 11.3 Å². The second-order valence-electron chi connectivity index (χ2n) is 6.24. The van der Waals surface area contributed by atoms with Crippen molar-refractivity contribution >= 4 is 33.4 Å². The van der Waals surface area contributed by atoms with Gasteiger partial charge >= 0.3 is 0 Å². The number of aromatic nitrogens is 1. The number of likely N-dealkylation sites (tertiary alicyclic amines) is 1. The SMILES string of the molecule is O=C(c1ccc2scnc2c1)N1CC[C@@]23OCCN2C(=O)C[C@@H]13. The minimum Gasteiger partial charge on any atom is -0.351 e. The lowest BCUT2D eigenvalue weighted by Crippen LogP contribution is -2.48. The molecule has 2 amide bonds. The van der Waals surface area contributed by atoms with E-state index >= 15 is 0 Å². The van der Waals surface area contributed by atoms with Crippen LogP contribution >= 0.6 is 11.3 Å². The summed E-state index contributed by atoms with van der Waals surface area (Å²) in [6.07, 6.45) is 1.07. The third-order valence-electron chi connectivity index (χ3n) is 5.24. The van der Waals surface area contributed by atoms with Gasteiger partial charge in [0.05, 0.1) is 34.8 Å². The zero-order valence-electron chi connectivity index (χ0n) is 12.4. The largest absolute Gasteiger partial charge is 0.351 e. The topological polar surface area (TPSA) is 62.7 Å². The Bertz CT molecular complexity index is 835. The van der Waals surface area contributed by atoms with Crippen LogP contribution in [0.2, 0.25) is 0 Å². The molecule has 3 aliphatic rings. The first-order chi connectivity index (χ1) is 11.2. The van der Waals surface area contributed by atoms with Crippen LogP contribution in [-0.2, 0) is 9.53 Å². The average molecular weight is 329 g/mol. The van der Waals surface area contributed by atoms with Gasteiger partial charge in [-0.2, -0.15) is 0 Å². The van der Waals surface area contributed by atoms with Crippen molar-refractivity contribution in [2.24, 2.45) is 0 Å². The van der Waals surface area contributed by atoms with E-state index in [1.165, 1.54) is 0 Å². The van der Waals surface area contributed by atoms with Crippen molar-refractivity contribution in [2.75, 3.05) is 19.7 Å². The molecule has 2 aromatic rings. The molecule has 0 aliphatic carbocycles. The second kappa shape index (κ2) is 4.52. The van der Waals surface area contributed by atoms with Crippen LogP contribution in [0.5, 0.6) is 0 Å². The van der Waals surface area contributed by atoms with Gasteiger partial charge < -0.3 is 14.5 Å². The first-order valence-electron chi connectivity index (χ1n) is 7.78. The molecule has 0 saturated carbocycles. The molecule has 5 rings (SSSR count). The van der Waals surface area contributed by atoms with Crippen molar-refractivity contribution in [2.45, 2.75) is 24.6 Å². The molecule has 1 aromatic heterocycles. The van der Waals surface area contributed by atoms with E-state index in [1.54, 1.807) is 16.8 Å². The Morgan fingerprint density at radius 2 is 2.30 bits per heavy atom. The minimum absolute atomic E-state index is 0.0353. The monoisotopic (exact) mass is 329 g/mol. The van der Waals surface area contributed by atoms with Crippen LogP contribution in [0.4, 0.5) is 0 Å². The molecule has 0 unspecified atom stereocenters. The van der Waals surface area contributed by atoms with Gasteiger partial charge in [-0.1, -0.05) is 0 Å². The van der Waals surface area contributed by atoms with E-state index in [0.717, 1.165) is 10.2 Å². The molecule has 3 fully saturated rings. The van der Waals surface area contributed by atoms with Crippen molar-refractivity contribution in [3.8, 4) is 0 Å². The summed E-state index contributed by atoms with van der Waals surface area (Å²) in [7, 11) is 0. The quantitative estimate of drug-likeness (QED) is 0.795. The molecule has 23 heavy (non-hydrogen) atoms. The number of benzene rings is 1. The molecular formula is C16H15N3O3S. The van der Waals surface area contributed by atoms with E-state index in [-0.39, 0.29) is 17.9 Å². The summed E-state index contributed by atoms with van der Waals surface area (Å²) >= 11 is 1.56. The van der Waals surface area contributed by atoms with Crippen molar-refractivity contribution in [1.82, 2.24) is 14.8 Å². The summed E-state index contributed by atoms with van der Waals surface area (Å²) < 4.78 is 7.00. The third kappa shape index (κ3) is 1.69. The molecule has 7 heteroatoms. The highest BCUT2D eigenvalue weighted by molar-refractivity contribution is 7.16. The van der Waals surface area contributed by atoms with Crippen LogP contribution in [0.1, 0.15) is 23.2 Å². The molecule has 4 heterocycles. The fourth-order valence-electron chi connectivity index (χ4n) is 4.19. The fraction of sp³-hybridized carbons (Fsp3) is 0.438. The van der Waals surface area contributed by atoms with Gasteiger partial charge in [0.15, 0.2) is 5.72 Å². The van der Waals surface area contributed by atoms with E-state index in [0.29, 0.717) is 38.1 Å². The number of carbonyl (C=O) groups is 2. The Labute approximate surface area is 136 Å². The lowest BCUT2D eigenvalue weighted by atomic mass is 10.1. The average Bonchev–Trinajstić information content (AvgIpc) is 3.28. The molecule has 0 N–H and O–H groups in total. The van der Waals surface area contributed by atoms with Crippen LogP contribution in [-0.4, -0.2) is 58.1 Å². The van der Waals surface area contributed by atoms with Crippen molar-refractivity contribution in [1.29, 1.82) is 0 Å². The lowest BCUT2D eigenvalue weighted by Gasteiger charge is -2.31. The summed E-state index contributed by atoms with van der Waals surface area (Å²) in [5, 5.41) is 0. The van der Waals surface area contributed by atoms with Gasteiger partial charge in [-0.3, -0.25) is 9.59 Å². The second-order valence-corrected chi connectivity index (χ2v) is 7.13. The summed E-state index contributed by atoms with van der Waals surface area (Å²) in [5.74, 6) is 0.0619. The predicted molar refractivity (Wildman–Crippen MR) is 84.1 cm³/mol. The van der Waals surface area contributed by atoms with Crippen LogP contribution in [0.15, 0.2) is 23.7 Å². The molecule has 0 radical (unpaired) electrons. The highest BCUT2D eigenvalue weighted by atomic mass is 32.1. The first-order valence-corrected chi connectivity index (χ1v) is 8.66. The molecule has 118 valence electrons. The number of nitrogens with zero attached hydrogens (tertiary/aromatic N) is 3. The fourth-order valence-corrected chi connectivity index (χ4v) is 4.85. The maximum absolute atomic E-state index is 13.0. The lowest BCUT2D eigenvalue weighted by molar-refractivity contribution is -0.136. The van der Waals surface area contributed by atoms with Crippen molar-refractivity contribution in [3.63, 3.8) is 0 Å². The number of amides is 2. The molecule has 1 spiro atoms. The van der Waals surface area contributed by atoms with Gasteiger partial charge in [-0.25, -0.2) is 4.98 Å². The molecule has 3 saturated heterocycles. The standard InChI is InChI=1S/C16H15N3O3S/c20-14-8-13-16(19(14)5-6-22-16)3-4-18(13)15(21)10-1-2-12-11(7-10)17-9-23-12/h1-2,7,9,13H,3-6,8H2/t13-,16+/m1/s1. The van der Waals surface area contributed by atoms with Gasteiger partial charge in [0.2, 0.25) is 5.91 Å². The molecule has 3 aliphatic heterocycles. The van der Waals surface area contributed by atoms with Crippen molar-refractivity contribution in [3.05, 3.63) is 29.3 Å². The Morgan fingerprint density at radius 3 is 3.22 bits per heavy atom. The van der Waals surface area contributed by atoms with Crippen LogP contribution in [0.25, 0.3) is 10.2 Å². The van der Waals surface area contributed by atoms with E-state index in [4.69, 9.17) is 4.74 Å². The highest BCUT2D eigenvalue weighted by Gasteiger charge is 2.62. The van der Waals surface area contributed by atoms with Gasteiger partial charge in [0, 0.05) is 25.1 Å². The predicted octanol–water partition coefficient (Wildman–Crippen LogP) is 1.47. The molecule has 2 atom stereocenters. The Morgan fingerprint density at radius 1 is 1.39 bits per heavy atom. The number of fused-ring (bicyclic) bond motifs is 1. The maximum Gasteiger partial charge on any atom is 0.254 e. The van der Waals surface area contributed by atoms with Crippen molar-refractivity contribution < 1.29 is 14.3 Å². The molecule has 6 nitrogen and oxygen atoms in total. The molecule has 0 bridgehead atoms. The number of rotatable bonds is 1. The van der Waals surface area contributed by atoms with Gasteiger partial charge in [-0.05, 0) is 18.2 Å². The first kappa shape index (κ1) is 13.4. The minimum atomic E-state index is -0.572. The number of carbonyl (C=O) groups excluding carboxylic acids is 2. The summed E-state index contributed by atoms with van der Waals surface area (Å²) in [6, 6.07) is 5.45. The van der Waals surface area contributed by atoms with E-state index in [1.807, 2.05) is 28.0 Å². The Balaban J connectivity index is 1.50. The summed E-state index contributed by atoms with van der Waals surface area (Å²) in [6.45, 7) is 1.83. The molecule has 1 aromatic carbocycles. The third-order valence-corrected chi connectivity index (χ3v) is 6.05. The van der Waals surface area contributed by atoms with E-state index < -0.39 is 5.72 Å². The Kier molecular flexibility index (Phi) is 2.64. The summed E-state index contributed by atoms with van der Waals surface area (Å²) in [5.41, 5.74) is 2.68. The summed E-state index contributed by atoms with van der Waals surface area (Å²) in [4.78, 5) is 33.1. The highest BCUT2D eigenvalue weighted by Crippen LogP contribution is 2.45. The van der Waals surface area contributed by atoms with E-state index in [2.05, 4.69) is 4.98 Å². The van der Waals surface area contributed by atoms with Crippen LogP contribution in [0.3, 0.4) is 0 Å². The maximum atomic E-state index is 13.0. The number of hydrogen-bond acceptors (Lipinski definition) is 5. The van der Waals surface area contributed by atoms with Gasteiger partial charge in [0.1, 0.15) is 0 Å². The van der Waals surface area contributed by atoms with E-state index in [9.17, 15) is 9.59 Å². The zero-order valence-corrected chi connectivity index (χ0v) is 13.2. The normalized spacial score (nSPS) is 29.4. The van der Waals surface area contributed by atoms with Gasteiger partial charge in [0.25, 0.3) is 5.91 Å². The smallest absolute Gasteiger partial charge is 0.254 e. The van der Waals surface area contributed by atoms with Crippen LogP contribution < -0.4 is 0 Å². The number of thiazole rings is 1. The zero-order chi connectivity index (χ0) is 15.6. The Hall–Kier alpha value is -1.99. The number of hydrogen-bond donors (Lipinski definition) is 0. The molecular weight excluding hydrogens is 314 g/mol. The number of ether oxygens (including phenoxy) is 1.